The van der Waals surface area contributed by atoms with Crippen molar-refractivity contribution < 1.29 is 0 Å². The molecule has 0 amide bonds. The first-order chi connectivity index (χ1) is 6.27. The molecule has 0 aliphatic rings. The molecule has 0 radical (unpaired) electrons. The van der Waals surface area contributed by atoms with Gasteiger partial charge in [0.05, 0.1) is 10.8 Å². The second-order valence-corrected chi connectivity index (χ2v) is 3.74. The quantitative estimate of drug-likeness (QED) is 0.699. The zero-order valence-electron chi connectivity index (χ0n) is 7.31. The van der Waals surface area contributed by atoms with Crippen molar-refractivity contribution in [3.63, 3.8) is 0 Å². The third-order valence-corrected chi connectivity index (χ3v) is 2.11. The first kappa shape index (κ1) is 8.51. The molecule has 0 bridgehead atoms. The van der Waals surface area contributed by atoms with Crippen LogP contribution in [0.5, 0.6) is 0 Å². The van der Waals surface area contributed by atoms with E-state index in [1.807, 2.05) is 37.4 Å². The lowest BCUT2D eigenvalue weighted by Crippen LogP contribution is -1.94. The Balaban J connectivity index is 2.62. The fourth-order valence-corrected chi connectivity index (χ4v) is 1.31. The Hall–Kier alpha value is -1.09. The van der Waals surface area contributed by atoms with Crippen molar-refractivity contribution in [3.8, 4) is 0 Å². The Kier molecular flexibility index (Phi) is 2.19. The van der Waals surface area contributed by atoms with Crippen LogP contribution in [-0.2, 0) is 0 Å². The molecule has 0 fully saturated rings. The molecule has 0 saturated heterocycles. The predicted molar refractivity (Wildman–Crippen MR) is 56.9 cm³/mol. The van der Waals surface area contributed by atoms with Crippen molar-refractivity contribution in [2.24, 2.45) is 0 Å². The fourth-order valence-electron chi connectivity index (χ4n) is 1.19. The second kappa shape index (κ2) is 3.34. The van der Waals surface area contributed by atoms with E-state index in [-0.39, 0.29) is 5.25 Å². The SMILES string of the molecule is CC(S)c1ncc2ccccc2n1. The number of fused-ring (bicyclic) bond motifs is 1. The zero-order valence-corrected chi connectivity index (χ0v) is 8.20. The summed E-state index contributed by atoms with van der Waals surface area (Å²) in [6.07, 6.45) is 1.84. The van der Waals surface area contributed by atoms with Gasteiger partial charge in [-0.25, -0.2) is 9.97 Å². The molecule has 1 aromatic heterocycles. The minimum Gasteiger partial charge on any atom is -0.240 e. The smallest absolute Gasteiger partial charge is 0.141 e. The Morgan fingerprint density at radius 2 is 2.08 bits per heavy atom. The van der Waals surface area contributed by atoms with Gasteiger partial charge in [-0.05, 0) is 13.0 Å². The highest BCUT2D eigenvalue weighted by atomic mass is 32.1. The number of benzene rings is 1. The Labute approximate surface area is 82.4 Å². The largest absolute Gasteiger partial charge is 0.240 e. The van der Waals surface area contributed by atoms with Crippen LogP contribution in [0.4, 0.5) is 0 Å². The highest BCUT2D eigenvalue weighted by molar-refractivity contribution is 7.80. The summed E-state index contributed by atoms with van der Waals surface area (Å²) in [7, 11) is 0. The molecule has 0 N–H and O–H groups in total. The van der Waals surface area contributed by atoms with E-state index in [0.717, 1.165) is 16.7 Å². The third-order valence-electron chi connectivity index (χ3n) is 1.88. The maximum absolute atomic E-state index is 4.39. The first-order valence-electron chi connectivity index (χ1n) is 4.17. The summed E-state index contributed by atoms with van der Waals surface area (Å²) in [4.78, 5) is 8.61. The molecule has 2 rings (SSSR count). The van der Waals surface area contributed by atoms with Crippen LogP contribution in [0.1, 0.15) is 18.0 Å². The van der Waals surface area contributed by atoms with Crippen molar-refractivity contribution in [1.29, 1.82) is 0 Å². The van der Waals surface area contributed by atoms with Gasteiger partial charge in [0.2, 0.25) is 0 Å². The van der Waals surface area contributed by atoms with Gasteiger partial charge >= 0.3 is 0 Å². The number of rotatable bonds is 1. The molecule has 2 aromatic rings. The van der Waals surface area contributed by atoms with Crippen LogP contribution >= 0.6 is 12.6 Å². The van der Waals surface area contributed by atoms with E-state index in [1.165, 1.54) is 0 Å². The van der Waals surface area contributed by atoms with Gasteiger partial charge in [0, 0.05) is 11.6 Å². The average Bonchev–Trinajstić information content (AvgIpc) is 2.17. The van der Waals surface area contributed by atoms with E-state index in [2.05, 4.69) is 22.6 Å². The lowest BCUT2D eigenvalue weighted by atomic mass is 10.2. The summed E-state index contributed by atoms with van der Waals surface area (Å²) in [5.74, 6) is 0.780. The number of aromatic nitrogens is 2. The van der Waals surface area contributed by atoms with Crippen molar-refractivity contribution in [3.05, 3.63) is 36.3 Å². The van der Waals surface area contributed by atoms with Gasteiger partial charge in [0.25, 0.3) is 0 Å². The van der Waals surface area contributed by atoms with Crippen LogP contribution in [0.2, 0.25) is 0 Å². The molecule has 0 aliphatic carbocycles. The normalized spacial score (nSPS) is 13.1. The van der Waals surface area contributed by atoms with Crippen LogP contribution in [0.25, 0.3) is 10.9 Å². The van der Waals surface area contributed by atoms with Crippen LogP contribution in [0.3, 0.4) is 0 Å². The van der Waals surface area contributed by atoms with E-state index >= 15 is 0 Å². The highest BCUT2D eigenvalue weighted by Gasteiger charge is 2.03. The molecule has 1 aromatic carbocycles. The zero-order chi connectivity index (χ0) is 9.26. The van der Waals surface area contributed by atoms with Gasteiger partial charge in [0.1, 0.15) is 5.82 Å². The number of thiol groups is 1. The maximum Gasteiger partial charge on any atom is 0.141 e. The maximum atomic E-state index is 4.39. The second-order valence-electron chi connectivity index (χ2n) is 2.96. The first-order valence-corrected chi connectivity index (χ1v) is 4.69. The molecular formula is C10H10N2S. The van der Waals surface area contributed by atoms with Gasteiger partial charge in [-0.3, -0.25) is 0 Å². The van der Waals surface area contributed by atoms with Gasteiger partial charge in [0.15, 0.2) is 0 Å². The molecule has 1 unspecified atom stereocenters. The Bertz CT molecular complexity index is 426. The van der Waals surface area contributed by atoms with Crippen molar-refractivity contribution in [1.82, 2.24) is 9.97 Å². The monoisotopic (exact) mass is 190 g/mol. The number of nitrogens with zero attached hydrogens (tertiary/aromatic N) is 2. The molecule has 13 heavy (non-hydrogen) atoms. The van der Waals surface area contributed by atoms with Crippen molar-refractivity contribution in [2.45, 2.75) is 12.2 Å². The molecular weight excluding hydrogens is 180 g/mol. The molecule has 0 spiro atoms. The van der Waals surface area contributed by atoms with Crippen LogP contribution in [0.15, 0.2) is 30.5 Å². The molecule has 1 atom stereocenters. The summed E-state index contributed by atoms with van der Waals surface area (Å²) in [6, 6.07) is 7.94. The Morgan fingerprint density at radius 3 is 2.85 bits per heavy atom. The van der Waals surface area contributed by atoms with Crippen LogP contribution in [0, 0.1) is 0 Å². The topological polar surface area (TPSA) is 25.8 Å². The van der Waals surface area contributed by atoms with Crippen LogP contribution < -0.4 is 0 Å². The van der Waals surface area contributed by atoms with Gasteiger partial charge in [-0.15, -0.1) is 0 Å². The summed E-state index contributed by atoms with van der Waals surface area (Å²) in [5, 5.41) is 1.16. The predicted octanol–water partition coefficient (Wildman–Crippen LogP) is 2.62. The van der Waals surface area contributed by atoms with Gasteiger partial charge in [-0.2, -0.15) is 12.6 Å². The summed E-state index contributed by atoms with van der Waals surface area (Å²) < 4.78 is 0. The van der Waals surface area contributed by atoms with Crippen molar-refractivity contribution in [2.75, 3.05) is 0 Å². The van der Waals surface area contributed by atoms with Gasteiger partial charge < -0.3 is 0 Å². The molecule has 0 aliphatic heterocycles. The fraction of sp³-hybridized carbons (Fsp3) is 0.200. The third kappa shape index (κ3) is 1.65. The molecule has 3 heteroatoms. The lowest BCUT2D eigenvalue weighted by Gasteiger charge is -2.03. The van der Waals surface area contributed by atoms with E-state index in [0.29, 0.717) is 0 Å². The van der Waals surface area contributed by atoms with Crippen molar-refractivity contribution >= 4 is 23.5 Å². The van der Waals surface area contributed by atoms with E-state index in [9.17, 15) is 0 Å². The minimum atomic E-state index is 0.0876. The van der Waals surface area contributed by atoms with E-state index in [4.69, 9.17) is 0 Å². The Morgan fingerprint density at radius 1 is 1.31 bits per heavy atom. The number of para-hydroxylation sites is 1. The average molecular weight is 190 g/mol. The lowest BCUT2D eigenvalue weighted by molar-refractivity contribution is 0.944. The highest BCUT2D eigenvalue weighted by Crippen LogP contribution is 2.17. The molecule has 1 heterocycles. The van der Waals surface area contributed by atoms with Crippen LogP contribution in [-0.4, -0.2) is 9.97 Å². The van der Waals surface area contributed by atoms with E-state index < -0.39 is 0 Å². The standard InChI is InChI=1S/C10H10N2S/c1-7(13)10-11-6-8-4-2-3-5-9(8)12-10/h2-7,13H,1H3. The molecule has 0 saturated carbocycles. The summed E-state index contributed by atoms with van der Waals surface area (Å²) >= 11 is 4.29. The molecule has 2 nitrogen and oxygen atoms in total. The summed E-state index contributed by atoms with van der Waals surface area (Å²) in [5.41, 5.74) is 0.980. The number of hydrogen-bond donors (Lipinski definition) is 1. The number of hydrogen-bond acceptors (Lipinski definition) is 3. The minimum absolute atomic E-state index is 0.0876. The molecule has 66 valence electrons. The van der Waals surface area contributed by atoms with Gasteiger partial charge in [-0.1, -0.05) is 18.2 Å². The van der Waals surface area contributed by atoms with E-state index in [1.54, 1.807) is 0 Å². The summed E-state index contributed by atoms with van der Waals surface area (Å²) in [6.45, 7) is 1.97.